The molecule has 1 aromatic carbocycles. The van der Waals surface area contributed by atoms with Crippen LogP contribution in [0.3, 0.4) is 0 Å². The molecule has 1 nitrogen and oxygen atoms in total. The van der Waals surface area contributed by atoms with Crippen molar-refractivity contribution in [3.63, 3.8) is 0 Å². The molecule has 0 fully saturated rings. The van der Waals surface area contributed by atoms with Gasteiger partial charge in [-0.3, -0.25) is 4.79 Å². The second kappa shape index (κ2) is 6.01. The highest BCUT2D eigenvalue weighted by molar-refractivity contribution is 9.10. The average Bonchev–Trinajstić information content (AvgIpc) is 2.21. The molecule has 0 saturated carbocycles. The maximum atomic E-state index is 12.8. The van der Waals surface area contributed by atoms with Crippen molar-refractivity contribution in [2.24, 2.45) is 0 Å². The Morgan fingerprint density at radius 1 is 1.47 bits per heavy atom. The van der Waals surface area contributed by atoms with Crippen molar-refractivity contribution in [3.8, 4) is 0 Å². The Morgan fingerprint density at radius 3 is 2.80 bits per heavy atom. The lowest BCUT2D eigenvalue weighted by atomic mass is 10.1. The minimum Gasteiger partial charge on any atom is -0.300 e. The number of halogens is 2. The van der Waals surface area contributed by atoms with Crippen LogP contribution < -0.4 is 0 Å². The normalized spacial score (nSPS) is 10.3. The molecule has 0 radical (unpaired) electrons. The van der Waals surface area contributed by atoms with E-state index in [4.69, 9.17) is 0 Å². The molecular formula is C12H14BrFO. The van der Waals surface area contributed by atoms with E-state index >= 15 is 0 Å². The lowest BCUT2D eigenvalue weighted by molar-refractivity contribution is -0.118. The number of benzene rings is 1. The number of Topliss-reactive ketones (excluding diaryl/α,β-unsaturated/α-hetero) is 1. The van der Waals surface area contributed by atoms with Crippen molar-refractivity contribution < 1.29 is 9.18 Å². The fraction of sp³-hybridized carbons (Fsp3) is 0.417. The standard InChI is InChI=1S/C12H14BrFO/c1-2-11(15)5-3-4-9-6-7-10(14)8-12(9)13/h6-8H,2-5H2,1H3. The Balaban J connectivity index is 2.47. The summed E-state index contributed by atoms with van der Waals surface area (Å²) in [6.45, 7) is 1.87. The molecule has 3 heteroatoms. The van der Waals surface area contributed by atoms with Crippen molar-refractivity contribution >= 4 is 21.7 Å². The summed E-state index contributed by atoms with van der Waals surface area (Å²) < 4.78 is 13.6. The number of carbonyl (C=O) groups is 1. The Hall–Kier alpha value is -0.700. The monoisotopic (exact) mass is 272 g/mol. The molecule has 0 aliphatic heterocycles. The van der Waals surface area contributed by atoms with E-state index in [1.807, 2.05) is 6.92 Å². The SMILES string of the molecule is CCC(=O)CCCc1ccc(F)cc1Br. The van der Waals surface area contributed by atoms with Crippen LogP contribution in [0.1, 0.15) is 31.7 Å². The van der Waals surface area contributed by atoms with E-state index in [2.05, 4.69) is 15.9 Å². The smallest absolute Gasteiger partial charge is 0.132 e. The highest BCUT2D eigenvalue weighted by atomic mass is 79.9. The molecule has 0 aliphatic carbocycles. The molecule has 0 N–H and O–H groups in total. The molecule has 0 unspecified atom stereocenters. The number of carbonyl (C=O) groups excluding carboxylic acids is 1. The van der Waals surface area contributed by atoms with Crippen molar-refractivity contribution in [1.29, 1.82) is 0 Å². The summed E-state index contributed by atoms with van der Waals surface area (Å²) in [6, 6.07) is 4.66. The number of hydrogen-bond donors (Lipinski definition) is 0. The Bertz CT molecular complexity index is 349. The highest BCUT2D eigenvalue weighted by Gasteiger charge is 2.03. The van der Waals surface area contributed by atoms with Gasteiger partial charge in [0.05, 0.1) is 0 Å². The van der Waals surface area contributed by atoms with E-state index in [0.29, 0.717) is 12.8 Å². The largest absolute Gasteiger partial charge is 0.300 e. The summed E-state index contributed by atoms with van der Waals surface area (Å²) in [5.41, 5.74) is 1.06. The van der Waals surface area contributed by atoms with Gasteiger partial charge in [-0.2, -0.15) is 0 Å². The van der Waals surface area contributed by atoms with E-state index in [-0.39, 0.29) is 11.6 Å². The predicted octanol–water partition coefficient (Wildman–Crippen LogP) is 3.89. The molecule has 1 rings (SSSR count). The van der Waals surface area contributed by atoms with Crippen molar-refractivity contribution in [2.45, 2.75) is 32.6 Å². The zero-order chi connectivity index (χ0) is 11.3. The maximum absolute atomic E-state index is 12.8. The Kier molecular flexibility index (Phi) is 4.95. The van der Waals surface area contributed by atoms with Crippen LogP contribution in [0.2, 0.25) is 0 Å². The molecule has 0 atom stereocenters. The second-order valence-corrected chi connectivity index (χ2v) is 4.34. The highest BCUT2D eigenvalue weighted by Crippen LogP contribution is 2.19. The van der Waals surface area contributed by atoms with E-state index in [1.54, 1.807) is 6.07 Å². The first-order valence-electron chi connectivity index (χ1n) is 5.09. The van der Waals surface area contributed by atoms with Gasteiger partial charge in [-0.15, -0.1) is 0 Å². The van der Waals surface area contributed by atoms with Crippen molar-refractivity contribution in [3.05, 3.63) is 34.1 Å². The molecule has 0 aromatic heterocycles. The number of hydrogen-bond acceptors (Lipinski definition) is 1. The molecule has 0 amide bonds. The van der Waals surface area contributed by atoms with E-state index in [1.165, 1.54) is 12.1 Å². The van der Waals surface area contributed by atoms with Crippen LogP contribution in [0.25, 0.3) is 0 Å². The maximum Gasteiger partial charge on any atom is 0.132 e. The van der Waals surface area contributed by atoms with Crippen LogP contribution in [0.4, 0.5) is 4.39 Å². The molecule has 15 heavy (non-hydrogen) atoms. The molecule has 0 aliphatic rings. The van der Waals surface area contributed by atoms with Crippen molar-refractivity contribution in [1.82, 2.24) is 0 Å². The fourth-order valence-corrected chi connectivity index (χ4v) is 1.93. The Morgan fingerprint density at radius 2 is 2.20 bits per heavy atom. The number of aryl methyl sites for hydroxylation is 1. The third-order valence-corrected chi connectivity index (χ3v) is 3.05. The first kappa shape index (κ1) is 12.4. The minimum absolute atomic E-state index is 0.241. The van der Waals surface area contributed by atoms with Gasteiger partial charge in [0.1, 0.15) is 11.6 Å². The number of rotatable bonds is 5. The first-order chi connectivity index (χ1) is 7.13. The summed E-state index contributed by atoms with van der Waals surface area (Å²) in [4.78, 5) is 11.1. The van der Waals surface area contributed by atoms with Gasteiger partial charge in [-0.05, 0) is 30.5 Å². The van der Waals surface area contributed by atoms with Gasteiger partial charge in [0.15, 0.2) is 0 Å². The third kappa shape index (κ3) is 4.12. The summed E-state index contributed by atoms with van der Waals surface area (Å²) >= 11 is 3.31. The van der Waals surface area contributed by atoms with Crippen LogP contribution in [-0.2, 0) is 11.2 Å². The molecule has 0 saturated heterocycles. The summed E-state index contributed by atoms with van der Waals surface area (Å²) in [5.74, 6) is 0.0449. The topological polar surface area (TPSA) is 17.1 Å². The Labute approximate surface area is 97.8 Å². The van der Waals surface area contributed by atoms with Crippen LogP contribution in [-0.4, -0.2) is 5.78 Å². The molecular weight excluding hydrogens is 259 g/mol. The van der Waals surface area contributed by atoms with Gasteiger partial charge in [-0.25, -0.2) is 4.39 Å². The predicted molar refractivity (Wildman–Crippen MR) is 62.3 cm³/mol. The lowest BCUT2D eigenvalue weighted by Crippen LogP contribution is -1.96. The van der Waals surface area contributed by atoms with Gasteiger partial charge in [0, 0.05) is 17.3 Å². The molecule has 0 heterocycles. The van der Waals surface area contributed by atoms with E-state index in [0.717, 1.165) is 22.9 Å². The van der Waals surface area contributed by atoms with Crippen LogP contribution in [0.15, 0.2) is 22.7 Å². The summed E-state index contributed by atoms with van der Waals surface area (Å²) in [5, 5.41) is 0. The lowest BCUT2D eigenvalue weighted by Gasteiger charge is -2.03. The van der Waals surface area contributed by atoms with Gasteiger partial charge < -0.3 is 0 Å². The van der Waals surface area contributed by atoms with Crippen LogP contribution in [0, 0.1) is 5.82 Å². The molecule has 0 spiro atoms. The summed E-state index contributed by atoms with van der Waals surface area (Å²) in [6.07, 6.45) is 2.86. The molecule has 1 aromatic rings. The zero-order valence-corrected chi connectivity index (χ0v) is 10.3. The molecule has 0 bridgehead atoms. The first-order valence-corrected chi connectivity index (χ1v) is 5.88. The average molecular weight is 273 g/mol. The minimum atomic E-state index is -0.241. The third-order valence-electron chi connectivity index (χ3n) is 2.31. The van der Waals surface area contributed by atoms with Crippen LogP contribution in [0.5, 0.6) is 0 Å². The van der Waals surface area contributed by atoms with Gasteiger partial charge >= 0.3 is 0 Å². The van der Waals surface area contributed by atoms with E-state index in [9.17, 15) is 9.18 Å². The molecule has 82 valence electrons. The van der Waals surface area contributed by atoms with Gasteiger partial charge in [-0.1, -0.05) is 28.9 Å². The van der Waals surface area contributed by atoms with Gasteiger partial charge in [0.25, 0.3) is 0 Å². The quantitative estimate of drug-likeness (QED) is 0.795. The fourth-order valence-electron chi connectivity index (χ4n) is 1.38. The van der Waals surface area contributed by atoms with Gasteiger partial charge in [0.2, 0.25) is 0 Å². The van der Waals surface area contributed by atoms with E-state index < -0.39 is 0 Å². The zero-order valence-electron chi connectivity index (χ0n) is 8.72. The summed E-state index contributed by atoms with van der Waals surface area (Å²) in [7, 11) is 0. The second-order valence-electron chi connectivity index (χ2n) is 3.48. The van der Waals surface area contributed by atoms with Crippen molar-refractivity contribution in [2.75, 3.05) is 0 Å². The van der Waals surface area contributed by atoms with Crippen LogP contribution >= 0.6 is 15.9 Å². The number of ketones is 1.